The molecule has 1 rings (SSSR count). The molecule has 1 aromatic heterocycles. The van der Waals surface area contributed by atoms with Crippen molar-refractivity contribution in [3.05, 3.63) is 22.2 Å². The standard InChI is InChI=1S/C10H13N3O/c1-10(2,3)5-4-7-6-12-9(14)13-8(7)11/h6H,1-3H3,(H3,11,12,13,14). The first-order chi connectivity index (χ1) is 6.38. The molecule has 0 aliphatic heterocycles. The first-order valence-electron chi connectivity index (χ1n) is 4.26. The van der Waals surface area contributed by atoms with Gasteiger partial charge in [-0.15, -0.1) is 0 Å². The van der Waals surface area contributed by atoms with Crippen LogP contribution in [0.25, 0.3) is 0 Å². The van der Waals surface area contributed by atoms with Gasteiger partial charge in [0.15, 0.2) is 0 Å². The van der Waals surface area contributed by atoms with Crippen LogP contribution in [0.15, 0.2) is 11.0 Å². The van der Waals surface area contributed by atoms with Crippen LogP contribution in [0.3, 0.4) is 0 Å². The number of nitrogen functional groups attached to an aromatic ring is 1. The van der Waals surface area contributed by atoms with Crippen molar-refractivity contribution in [2.45, 2.75) is 20.8 Å². The van der Waals surface area contributed by atoms with Gasteiger partial charge in [0.05, 0.1) is 11.8 Å². The number of nitrogens with one attached hydrogen (secondary N) is 1. The lowest BCUT2D eigenvalue weighted by Crippen LogP contribution is -2.13. The second kappa shape index (κ2) is 3.54. The first kappa shape index (κ1) is 10.3. The van der Waals surface area contributed by atoms with E-state index >= 15 is 0 Å². The van der Waals surface area contributed by atoms with Crippen molar-refractivity contribution in [2.24, 2.45) is 5.41 Å². The zero-order valence-electron chi connectivity index (χ0n) is 8.51. The van der Waals surface area contributed by atoms with Crippen LogP contribution in [0.1, 0.15) is 26.3 Å². The van der Waals surface area contributed by atoms with Crippen LogP contribution in [-0.4, -0.2) is 9.97 Å². The maximum absolute atomic E-state index is 10.7. The molecular formula is C10H13N3O. The number of aromatic amines is 1. The predicted octanol–water partition coefficient (Wildman–Crippen LogP) is 0.750. The molecule has 0 saturated heterocycles. The van der Waals surface area contributed by atoms with E-state index in [1.807, 2.05) is 20.8 Å². The summed E-state index contributed by atoms with van der Waals surface area (Å²) < 4.78 is 0. The Morgan fingerprint density at radius 2 is 2.14 bits per heavy atom. The summed E-state index contributed by atoms with van der Waals surface area (Å²) in [6.45, 7) is 5.99. The molecule has 1 aromatic rings. The fourth-order valence-corrected chi connectivity index (χ4v) is 0.762. The maximum Gasteiger partial charge on any atom is 0.346 e. The molecule has 0 amide bonds. The number of hydrogen-bond acceptors (Lipinski definition) is 3. The molecule has 0 unspecified atom stereocenters. The molecule has 0 aliphatic carbocycles. The Morgan fingerprint density at radius 3 is 2.64 bits per heavy atom. The zero-order chi connectivity index (χ0) is 10.8. The van der Waals surface area contributed by atoms with Crippen molar-refractivity contribution in [1.29, 1.82) is 0 Å². The molecule has 0 saturated carbocycles. The van der Waals surface area contributed by atoms with Gasteiger partial charge in [0.25, 0.3) is 0 Å². The van der Waals surface area contributed by atoms with E-state index in [1.54, 1.807) is 0 Å². The lowest BCUT2D eigenvalue weighted by molar-refractivity contribution is 0.571. The average molecular weight is 191 g/mol. The Labute approximate surface area is 82.6 Å². The van der Waals surface area contributed by atoms with Crippen molar-refractivity contribution >= 4 is 5.82 Å². The van der Waals surface area contributed by atoms with E-state index < -0.39 is 5.69 Å². The minimum Gasteiger partial charge on any atom is -0.384 e. The Kier molecular flexibility index (Phi) is 2.61. The van der Waals surface area contributed by atoms with Gasteiger partial charge < -0.3 is 5.73 Å². The van der Waals surface area contributed by atoms with Crippen LogP contribution in [0.5, 0.6) is 0 Å². The highest BCUT2D eigenvalue weighted by atomic mass is 16.1. The molecule has 0 bridgehead atoms. The van der Waals surface area contributed by atoms with Crippen molar-refractivity contribution in [3.8, 4) is 11.8 Å². The normalized spacial score (nSPS) is 10.5. The van der Waals surface area contributed by atoms with Gasteiger partial charge in [0.2, 0.25) is 0 Å². The van der Waals surface area contributed by atoms with Gasteiger partial charge in [0, 0.05) is 5.41 Å². The summed E-state index contributed by atoms with van der Waals surface area (Å²) in [5.41, 5.74) is 5.56. The van der Waals surface area contributed by atoms with Gasteiger partial charge in [-0.3, -0.25) is 4.98 Å². The number of nitrogens with two attached hydrogens (primary N) is 1. The highest BCUT2D eigenvalue weighted by molar-refractivity contribution is 5.48. The van der Waals surface area contributed by atoms with E-state index in [0.29, 0.717) is 5.56 Å². The SMILES string of the molecule is CC(C)(C)C#Cc1cnc(=O)[nH]c1N. The minimum atomic E-state index is -0.455. The first-order valence-corrected chi connectivity index (χ1v) is 4.26. The van der Waals surface area contributed by atoms with E-state index in [2.05, 4.69) is 21.8 Å². The Balaban J connectivity index is 3.08. The predicted molar refractivity (Wildman–Crippen MR) is 55.6 cm³/mol. The van der Waals surface area contributed by atoms with E-state index in [1.165, 1.54) is 6.20 Å². The fourth-order valence-electron chi connectivity index (χ4n) is 0.762. The number of rotatable bonds is 0. The summed E-state index contributed by atoms with van der Waals surface area (Å²) in [7, 11) is 0. The molecule has 0 atom stereocenters. The van der Waals surface area contributed by atoms with Gasteiger partial charge >= 0.3 is 5.69 Å². The second-order valence-corrected chi connectivity index (χ2v) is 4.02. The van der Waals surface area contributed by atoms with E-state index in [0.717, 1.165) is 0 Å². The van der Waals surface area contributed by atoms with Gasteiger partial charge in [0.1, 0.15) is 5.82 Å². The summed E-state index contributed by atoms with van der Waals surface area (Å²) in [6.07, 6.45) is 1.38. The molecule has 4 nitrogen and oxygen atoms in total. The third-order valence-electron chi connectivity index (χ3n) is 1.41. The van der Waals surface area contributed by atoms with Gasteiger partial charge in [-0.25, -0.2) is 9.78 Å². The Hall–Kier alpha value is -1.76. The molecular weight excluding hydrogens is 178 g/mol. The average Bonchev–Trinajstić information content (AvgIpc) is 2.00. The van der Waals surface area contributed by atoms with E-state index in [-0.39, 0.29) is 11.2 Å². The second-order valence-electron chi connectivity index (χ2n) is 4.02. The molecule has 0 aromatic carbocycles. The minimum absolute atomic E-state index is 0.0947. The number of nitrogens with zero attached hydrogens (tertiary/aromatic N) is 1. The number of aromatic nitrogens is 2. The van der Waals surface area contributed by atoms with Crippen LogP contribution in [-0.2, 0) is 0 Å². The summed E-state index contributed by atoms with van der Waals surface area (Å²) >= 11 is 0. The zero-order valence-corrected chi connectivity index (χ0v) is 8.51. The third kappa shape index (κ3) is 2.94. The van der Waals surface area contributed by atoms with Crippen molar-refractivity contribution in [2.75, 3.05) is 5.73 Å². The smallest absolute Gasteiger partial charge is 0.346 e. The largest absolute Gasteiger partial charge is 0.384 e. The lowest BCUT2D eigenvalue weighted by atomic mass is 9.97. The number of H-pyrrole nitrogens is 1. The van der Waals surface area contributed by atoms with Crippen LogP contribution in [0.2, 0.25) is 0 Å². The van der Waals surface area contributed by atoms with Gasteiger partial charge in [-0.1, -0.05) is 11.8 Å². The fraction of sp³-hybridized carbons (Fsp3) is 0.400. The maximum atomic E-state index is 10.7. The summed E-state index contributed by atoms with van der Waals surface area (Å²) in [6, 6.07) is 0. The molecule has 74 valence electrons. The van der Waals surface area contributed by atoms with Crippen molar-refractivity contribution in [1.82, 2.24) is 9.97 Å². The molecule has 0 radical (unpaired) electrons. The Morgan fingerprint density at radius 1 is 1.50 bits per heavy atom. The Bertz CT molecular complexity index is 443. The highest BCUT2D eigenvalue weighted by Crippen LogP contribution is 2.11. The molecule has 14 heavy (non-hydrogen) atoms. The summed E-state index contributed by atoms with van der Waals surface area (Å²) in [4.78, 5) is 16.7. The molecule has 4 heteroatoms. The van der Waals surface area contributed by atoms with Crippen LogP contribution in [0.4, 0.5) is 5.82 Å². The topological polar surface area (TPSA) is 71.8 Å². The molecule has 1 heterocycles. The molecule has 3 N–H and O–H groups in total. The van der Waals surface area contributed by atoms with Crippen LogP contribution in [0, 0.1) is 17.3 Å². The van der Waals surface area contributed by atoms with Crippen molar-refractivity contribution in [3.63, 3.8) is 0 Å². The molecule has 0 spiro atoms. The highest BCUT2D eigenvalue weighted by Gasteiger charge is 2.04. The summed E-state index contributed by atoms with van der Waals surface area (Å²) in [5, 5.41) is 0. The lowest BCUT2D eigenvalue weighted by Gasteiger charge is -2.06. The number of anilines is 1. The van der Waals surface area contributed by atoms with Crippen LogP contribution >= 0.6 is 0 Å². The third-order valence-corrected chi connectivity index (χ3v) is 1.41. The molecule has 0 aliphatic rings. The number of hydrogen-bond donors (Lipinski definition) is 2. The van der Waals surface area contributed by atoms with Crippen molar-refractivity contribution < 1.29 is 0 Å². The quantitative estimate of drug-likeness (QED) is 0.594. The van der Waals surface area contributed by atoms with Gasteiger partial charge in [-0.05, 0) is 20.8 Å². The van der Waals surface area contributed by atoms with Gasteiger partial charge in [-0.2, -0.15) is 0 Å². The monoisotopic (exact) mass is 191 g/mol. The summed E-state index contributed by atoms with van der Waals surface area (Å²) in [5.74, 6) is 6.14. The molecule has 0 fully saturated rings. The van der Waals surface area contributed by atoms with Crippen LogP contribution < -0.4 is 11.4 Å². The van der Waals surface area contributed by atoms with E-state index in [9.17, 15) is 4.79 Å². The van der Waals surface area contributed by atoms with E-state index in [4.69, 9.17) is 5.73 Å².